The van der Waals surface area contributed by atoms with Gasteiger partial charge in [-0.1, -0.05) is 41.9 Å². The summed E-state index contributed by atoms with van der Waals surface area (Å²) in [6.07, 6.45) is 3.07. The van der Waals surface area contributed by atoms with Crippen LogP contribution in [0.2, 0.25) is 5.02 Å². The molecule has 1 amide bonds. The molecule has 0 radical (unpaired) electrons. The number of hydrogen-bond acceptors (Lipinski definition) is 4. The first-order valence-corrected chi connectivity index (χ1v) is 9.37. The van der Waals surface area contributed by atoms with Gasteiger partial charge in [-0.15, -0.1) is 0 Å². The highest BCUT2D eigenvalue weighted by Gasteiger charge is 2.14. The number of aryl methyl sites for hydroxylation is 1. The van der Waals surface area contributed by atoms with E-state index in [-0.39, 0.29) is 11.5 Å². The third-order valence-corrected chi connectivity index (χ3v) is 4.92. The molecular weight excluding hydrogens is 388 g/mol. The van der Waals surface area contributed by atoms with Gasteiger partial charge in [0, 0.05) is 18.0 Å². The fourth-order valence-electron chi connectivity index (χ4n) is 3.10. The summed E-state index contributed by atoms with van der Waals surface area (Å²) in [5, 5.41) is 3.46. The van der Waals surface area contributed by atoms with Crippen LogP contribution < -0.4 is 10.9 Å². The number of halogens is 1. The van der Waals surface area contributed by atoms with E-state index in [2.05, 4.69) is 15.3 Å². The van der Waals surface area contributed by atoms with E-state index in [1.807, 2.05) is 30.3 Å². The lowest BCUT2D eigenvalue weighted by atomic mass is 10.2. The zero-order valence-corrected chi connectivity index (χ0v) is 16.3. The minimum Gasteiger partial charge on any atom is -0.321 e. The summed E-state index contributed by atoms with van der Waals surface area (Å²) in [7, 11) is 0. The highest BCUT2D eigenvalue weighted by Crippen LogP contribution is 2.26. The summed E-state index contributed by atoms with van der Waals surface area (Å²) in [4.78, 5) is 34.0. The molecule has 0 aliphatic heterocycles. The van der Waals surface area contributed by atoms with Gasteiger partial charge in [0.1, 0.15) is 5.82 Å². The smallest absolute Gasteiger partial charge is 0.261 e. The Labute approximate surface area is 171 Å². The van der Waals surface area contributed by atoms with Crippen molar-refractivity contribution in [2.45, 2.75) is 13.5 Å². The van der Waals surface area contributed by atoms with Crippen molar-refractivity contribution in [2.24, 2.45) is 0 Å². The SMILES string of the molecule is Cc1nc2cc(Cl)c(NC(=O)c3ccncc3)cc2c(=O)n1Cc1ccccc1. The normalized spacial score (nSPS) is 10.8. The number of anilines is 1. The van der Waals surface area contributed by atoms with Crippen molar-refractivity contribution >= 4 is 34.1 Å². The Morgan fingerprint density at radius 1 is 1.10 bits per heavy atom. The van der Waals surface area contributed by atoms with Crippen LogP contribution in [0.4, 0.5) is 5.69 Å². The van der Waals surface area contributed by atoms with E-state index in [0.717, 1.165) is 5.56 Å². The Balaban J connectivity index is 1.75. The van der Waals surface area contributed by atoms with E-state index in [1.54, 1.807) is 35.8 Å². The van der Waals surface area contributed by atoms with Crippen LogP contribution in [-0.2, 0) is 6.54 Å². The lowest BCUT2D eigenvalue weighted by Crippen LogP contribution is -2.24. The minimum absolute atomic E-state index is 0.188. The van der Waals surface area contributed by atoms with Crippen molar-refractivity contribution < 1.29 is 4.79 Å². The average Bonchev–Trinajstić information content (AvgIpc) is 2.73. The third kappa shape index (κ3) is 3.88. The number of carbonyl (C=O) groups is 1. The van der Waals surface area contributed by atoms with Crippen molar-refractivity contribution in [1.82, 2.24) is 14.5 Å². The molecule has 0 fully saturated rings. The Morgan fingerprint density at radius 2 is 1.83 bits per heavy atom. The molecule has 6 nitrogen and oxygen atoms in total. The summed E-state index contributed by atoms with van der Waals surface area (Å²) in [5.41, 5.74) is 2.10. The minimum atomic E-state index is -0.335. The number of hydrogen-bond donors (Lipinski definition) is 1. The molecule has 0 aliphatic carbocycles. The first kappa shape index (κ1) is 18.8. The summed E-state index contributed by atoms with van der Waals surface area (Å²) < 4.78 is 1.61. The molecule has 1 N–H and O–H groups in total. The van der Waals surface area contributed by atoms with Crippen molar-refractivity contribution in [3.8, 4) is 0 Å². The van der Waals surface area contributed by atoms with Gasteiger partial charge in [0.2, 0.25) is 0 Å². The molecule has 0 bridgehead atoms. The molecule has 0 spiro atoms. The number of fused-ring (bicyclic) bond motifs is 1. The number of aromatic nitrogens is 3. The van der Waals surface area contributed by atoms with Crippen molar-refractivity contribution in [1.29, 1.82) is 0 Å². The maximum atomic E-state index is 13.1. The second-order valence-electron chi connectivity index (χ2n) is 6.58. The van der Waals surface area contributed by atoms with E-state index >= 15 is 0 Å². The quantitative estimate of drug-likeness (QED) is 0.556. The van der Waals surface area contributed by atoms with Crippen LogP contribution in [0.25, 0.3) is 10.9 Å². The topological polar surface area (TPSA) is 76.9 Å². The highest BCUT2D eigenvalue weighted by atomic mass is 35.5. The van der Waals surface area contributed by atoms with Gasteiger partial charge in [-0.2, -0.15) is 0 Å². The van der Waals surface area contributed by atoms with Gasteiger partial charge in [-0.05, 0) is 36.8 Å². The van der Waals surface area contributed by atoms with E-state index in [4.69, 9.17) is 11.6 Å². The molecule has 144 valence electrons. The maximum Gasteiger partial charge on any atom is 0.261 e. The molecule has 0 saturated heterocycles. The number of nitrogens with zero attached hydrogens (tertiary/aromatic N) is 3. The predicted octanol–water partition coefficient (Wildman–Crippen LogP) is 4.05. The predicted molar refractivity (Wildman–Crippen MR) is 113 cm³/mol. The summed E-state index contributed by atoms with van der Waals surface area (Å²) >= 11 is 6.33. The number of pyridine rings is 1. The number of nitrogens with one attached hydrogen (secondary N) is 1. The van der Waals surface area contributed by atoms with Crippen LogP contribution in [-0.4, -0.2) is 20.4 Å². The molecule has 0 atom stereocenters. The highest BCUT2D eigenvalue weighted by molar-refractivity contribution is 6.34. The second kappa shape index (κ2) is 7.85. The Hall–Kier alpha value is -3.51. The molecule has 2 aromatic carbocycles. The van der Waals surface area contributed by atoms with Crippen LogP contribution in [0, 0.1) is 6.92 Å². The van der Waals surface area contributed by atoms with Crippen LogP contribution in [0.15, 0.2) is 71.8 Å². The van der Waals surface area contributed by atoms with Crippen LogP contribution >= 0.6 is 11.6 Å². The Bertz CT molecular complexity index is 1250. The van der Waals surface area contributed by atoms with Gasteiger partial charge in [-0.25, -0.2) is 4.98 Å². The molecular formula is C22H17ClN4O2. The van der Waals surface area contributed by atoms with E-state index < -0.39 is 0 Å². The largest absolute Gasteiger partial charge is 0.321 e. The zero-order valence-electron chi connectivity index (χ0n) is 15.6. The van der Waals surface area contributed by atoms with Crippen molar-refractivity contribution in [2.75, 3.05) is 5.32 Å². The van der Waals surface area contributed by atoms with Crippen LogP contribution in [0.3, 0.4) is 0 Å². The molecule has 4 aromatic rings. The van der Waals surface area contributed by atoms with Gasteiger partial charge in [0.05, 0.1) is 28.2 Å². The molecule has 7 heteroatoms. The Kier molecular flexibility index (Phi) is 5.10. The van der Waals surface area contributed by atoms with E-state index in [9.17, 15) is 9.59 Å². The molecule has 4 rings (SSSR count). The van der Waals surface area contributed by atoms with E-state index in [0.29, 0.717) is 39.5 Å². The fourth-order valence-corrected chi connectivity index (χ4v) is 3.30. The molecule has 29 heavy (non-hydrogen) atoms. The zero-order chi connectivity index (χ0) is 20.4. The van der Waals surface area contributed by atoms with Crippen LogP contribution in [0.5, 0.6) is 0 Å². The molecule has 2 heterocycles. The monoisotopic (exact) mass is 404 g/mol. The third-order valence-electron chi connectivity index (χ3n) is 4.61. The van der Waals surface area contributed by atoms with Gasteiger partial charge >= 0.3 is 0 Å². The van der Waals surface area contributed by atoms with Crippen molar-refractivity contribution in [3.63, 3.8) is 0 Å². The maximum absolute atomic E-state index is 13.1. The first-order valence-electron chi connectivity index (χ1n) is 8.99. The van der Waals surface area contributed by atoms with Gasteiger partial charge in [0.25, 0.3) is 11.5 Å². The fraction of sp³-hybridized carbons (Fsp3) is 0.0909. The standard InChI is InChI=1S/C22H17ClN4O2/c1-14-25-19-12-18(23)20(26-21(28)16-7-9-24-10-8-16)11-17(19)22(29)27(14)13-15-5-3-2-4-6-15/h2-12H,13H2,1H3,(H,26,28). The summed E-state index contributed by atoms with van der Waals surface area (Å²) in [5.74, 6) is 0.259. The average molecular weight is 405 g/mol. The molecule has 2 aromatic heterocycles. The number of amides is 1. The van der Waals surface area contributed by atoms with Crippen LogP contribution in [0.1, 0.15) is 21.7 Å². The van der Waals surface area contributed by atoms with Crippen molar-refractivity contribution in [3.05, 3.63) is 99.3 Å². The second-order valence-corrected chi connectivity index (χ2v) is 6.98. The molecule has 0 unspecified atom stereocenters. The van der Waals surface area contributed by atoms with Gasteiger partial charge in [0.15, 0.2) is 0 Å². The van der Waals surface area contributed by atoms with Gasteiger partial charge < -0.3 is 5.32 Å². The number of benzene rings is 2. The lowest BCUT2D eigenvalue weighted by Gasteiger charge is -2.13. The Morgan fingerprint density at radius 3 is 2.55 bits per heavy atom. The molecule has 0 saturated carbocycles. The van der Waals surface area contributed by atoms with Gasteiger partial charge in [-0.3, -0.25) is 19.1 Å². The summed E-state index contributed by atoms with van der Waals surface area (Å²) in [6.45, 7) is 2.20. The summed E-state index contributed by atoms with van der Waals surface area (Å²) in [6, 6.07) is 16.1. The lowest BCUT2D eigenvalue weighted by molar-refractivity contribution is 0.102. The number of rotatable bonds is 4. The number of carbonyl (C=O) groups excluding carboxylic acids is 1. The van der Waals surface area contributed by atoms with E-state index in [1.165, 1.54) is 12.4 Å². The molecule has 0 aliphatic rings. The first-order chi connectivity index (χ1) is 14.0.